The fourth-order valence-corrected chi connectivity index (χ4v) is 3.35. The van der Waals surface area contributed by atoms with Crippen LogP contribution in [0.3, 0.4) is 0 Å². The van der Waals surface area contributed by atoms with Crippen molar-refractivity contribution in [1.82, 2.24) is 0 Å². The van der Waals surface area contributed by atoms with Crippen LogP contribution in [0.5, 0.6) is 0 Å². The van der Waals surface area contributed by atoms with E-state index in [1.807, 2.05) is 19.3 Å². The van der Waals surface area contributed by atoms with Crippen LogP contribution in [-0.4, -0.2) is 17.2 Å². The van der Waals surface area contributed by atoms with Gasteiger partial charge in [0.2, 0.25) is 0 Å². The summed E-state index contributed by atoms with van der Waals surface area (Å²) in [7, 11) is 0. The van der Waals surface area contributed by atoms with Crippen molar-refractivity contribution in [2.75, 3.05) is 0 Å². The summed E-state index contributed by atoms with van der Waals surface area (Å²) in [5.74, 6) is -0.336. The van der Waals surface area contributed by atoms with Gasteiger partial charge in [0.25, 0.3) is 0 Å². The number of carbonyl (C=O) groups excluding carboxylic acids is 1. The van der Waals surface area contributed by atoms with Crippen molar-refractivity contribution >= 4 is 5.97 Å². The second-order valence-corrected chi connectivity index (χ2v) is 8.01. The number of aliphatic hydroxyl groups is 1. The molecule has 0 aliphatic carbocycles. The second kappa shape index (κ2) is 11.5. The first kappa shape index (κ1) is 22.8. The highest BCUT2D eigenvalue weighted by Gasteiger charge is 2.31. The van der Waals surface area contributed by atoms with Crippen LogP contribution in [0.4, 0.5) is 0 Å². The zero-order valence-corrected chi connectivity index (χ0v) is 18.2. The van der Waals surface area contributed by atoms with Gasteiger partial charge >= 0.3 is 5.97 Å². The van der Waals surface area contributed by atoms with Gasteiger partial charge in [-0.25, -0.2) is 4.79 Å². The molecule has 1 atom stereocenters. The number of furan rings is 1. The molecule has 158 valence electrons. The molecule has 0 radical (unpaired) electrons. The summed E-state index contributed by atoms with van der Waals surface area (Å²) in [6.45, 7) is 8.00. The normalized spacial score (nSPS) is 18.6. The van der Waals surface area contributed by atoms with Crippen LogP contribution in [0.15, 0.2) is 69.3 Å². The third-order valence-electron chi connectivity index (χ3n) is 5.32. The van der Waals surface area contributed by atoms with E-state index in [2.05, 4.69) is 32.1 Å². The molecule has 1 aromatic rings. The average Bonchev–Trinajstić information content (AvgIpc) is 3.27. The van der Waals surface area contributed by atoms with Gasteiger partial charge in [0, 0.05) is 6.42 Å². The summed E-state index contributed by atoms with van der Waals surface area (Å²) >= 11 is 0. The van der Waals surface area contributed by atoms with Crippen LogP contribution in [0.2, 0.25) is 0 Å². The molecular weight excluding hydrogens is 364 g/mol. The molecule has 0 saturated heterocycles. The van der Waals surface area contributed by atoms with E-state index in [1.165, 1.54) is 16.7 Å². The smallest absolute Gasteiger partial charge is 0.338 e. The van der Waals surface area contributed by atoms with Gasteiger partial charge in [-0.3, -0.25) is 0 Å². The standard InChI is InChI=1S/C25H34O4/c1-18(8-5-9-19(2)11-7-13-22-14-15-28-17-22)10-6-12-20(3)16-23-24(26)21(4)25(27)29-23/h8,11-12,14-15,17,23,26H,5-7,9-10,13,16H2,1-4H3/b18-8+,19-11+,20-12+/t23-/m1/s1. The first-order valence-corrected chi connectivity index (χ1v) is 10.5. The van der Waals surface area contributed by atoms with Crippen molar-refractivity contribution in [3.8, 4) is 0 Å². The van der Waals surface area contributed by atoms with Crippen molar-refractivity contribution in [1.29, 1.82) is 0 Å². The highest BCUT2D eigenvalue weighted by atomic mass is 16.6. The predicted molar refractivity (Wildman–Crippen MR) is 117 cm³/mol. The Morgan fingerprint density at radius 1 is 1.03 bits per heavy atom. The van der Waals surface area contributed by atoms with Gasteiger partial charge < -0.3 is 14.3 Å². The molecule has 4 nitrogen and oxygen atoms in total. The molecule has 4 heteroatoms. The zero-order valence-electron chi connectivity index (χ0n) is 18.2. The third-order valence-corrected chi connectivity index (χ3v) is 5.32. The third kappa shape index (κ3) is 7.80. The Kier molecular flexibility index (Phi) is 9.04. The summed E-state index contributed by atoms with van der Waals surface area (Å²) in [4.78, 5) is 11.5. The molecule has 0 amide bonds. The van der Waals surface area contributed by atoms with E-state index in [0.717, 1.165) is 44.1 Å². The Hall–Kier alpha value is -2.49. The van der Waals surface area contributed by atoms with E-state index >= 15 is 0 Å². The highest BCUT2D eigenvalue weighted by Crippen LogP contribution is 2.25. The lowest BCUT2D eigenvalue weighted by Gasteiger charge is -2.10. The number of rotatable bonds is 11. The molecule has 0 unspecified atom stereocenters. The molecule has 2 rings (SSSR count). The summed E-state index contributed by atoms with van der Waals surface area (Å²) in [5, 5.41) is 9.92. The minimum atomic E-state index is -0.515. The Balaban J connectivity index is 1.65. The first-order valence-electron chi connectivity index (χ1n) is 10.5. The summed E-state index contributed by atoms with van der Waals surface area (Å²) in [6, 6.07) is 2.02. The molecule has 1 aliphatic heterocycles. The van der Waals surface area contributed by atoms with Gasteiger partial charge in [0.05, 0.1) is 18.1 Å². The molecule has 1 aliphatic rings. The number of allylic oxidation sites excluding steroid dienone is 5. The van der Waals surface area contributed by atoms with Crippen LogP contribution < -0.4 is 0 Å². The Bertz CT molecular complexity index is 791. The number of ether oxygens (including phenoxy) is 1. The molecule has 29 heavy (non-hydrogen) atoms. The van der Waals surface area contributed by atoms with Crippen LogP contribution in [0, 0.1) is 0 Å². The van der Waals surface area contributed by atoms with E-state index in [0.29, 0.717) is 12.0 Å². The van der Waals surface area contributed by atoms with Crippen molar-refractivity contribution < 1.29 is 19.1 Å². The molecule has 0 aromatic carbocycles. The SMILES string of the molecule is CC1=C(O)[C@@H](C/C(C)=C/CC/C(C)=C/CC/C(C)=C/CCc2ccoc2)OC1=O. The Morgan fingerprint density at radius 3 is 2.21 bits per heavy atom. The van der Waals surface area contributed by atoms with Gasteiger partial charge in [-0.05, 0) is 77.8 Å². The monoisotopic (exact) mass is 398 g/mol. The molecular formula is C25H34O4. The summed E-state index contributed by atoms with van der Waals surface area (Å²) in [5.41, 5.74) is 5.54. The fraction of sp³-hybridized carbons (Fsp3) is 0.480. The largest absolute Gasteiger partial charge is 0.508 e. The van der Waals surface area contributed by atoms with Crippen LogP contribution >= 0.6 is 0 Å². The highest BCUT2D eigenvalue weighted by molar-refractivity contribution is 5.91. The number of cyclic esters (lactones) is 1. The van der Waals surface area contributed by atoms with Gasteiger partial charge in [0.15, 0.2) is 6.10 Å². The molecule has 0 saturated carbocycles. The van der Waals surface area contributed by atoms with E-state index in [-0.39, 0.29) is 5.76 Å². The topological polar surface area (TPSA) is 59.7 Å². The van der Waals surface area contributed by atoms with Crippen molar-refractivity contribution in [3.63, 3.8) is 0 Å². The molecule has 0 fully saturated rings. The molecule has 0 spiro atoms. The summed E-state index contributed by atoms with van der Waals surface area (Å²) in [6.07, 6.45) is 16.6. The lowest BCUT2D eigenvalue weighted by molar-refractivity contribution is -0.140. The zero-order chi connectivity index (χ0) is 21.2. The van der Waals surface area contributed by atoms with Crippen molar-refractivity contribution in [2.45, 2.75) is 78.7 Å². The van der Waals surface area contributed by atoms with Gasteiger partial charge in [0.1, 0.15) is 5.76 Å². The van der Waals surface area contributed by atoms with Gasteiger partial charge in [-0.1, -0.05) is 34.9 Å². The first-order chi connectivity index (χ1) is 13.9. The summed E-state index contributed by atoms with van der Waals surface area (Å²) < 4.78 is 10.3. The maximum atomic E-state index is 11.5. The predicted octanol–water partition coefficient (Wildman–Crippen LogP) is 6.76. The van der Waals surface area contributed by atoms with Crippen LogP contribution in [0.1, 0.15) is 71.8 Å². The molecule has 2 heterocycles. The lowest BCUT2D eigenvalue weighted by atomic mass is 10.0. The van der Waals surface area contributed by atoms with E-state index in [1.54, 1.807) is 13.2 Å². The van der Waals surface area contributed by atoms with E-state index < -0.39 is 12.1 Å². The number of carbonyl (C=O) groups is 1. The number of esters is 1. The number of aryl methyl sites for hydroxylation is 1. The van der Waals surface area contributed by atoms with Gasteiger partial charge in [-0.2, -0.15) is 0 Å². The van der Waals surface area contributed by atoms with E-state index in [9.17, 15) is 9.90 Å². The van der Waals surface area contributed by atoms with Crippen LogP contribution in [-0.2, 0) is 16.0 Å². The average molecular weight is 399 g/mol. The van der Waals surface area contributed by atoms with E-state index in [4.69, 9.17) is 9.15 Å². The van der Waals surface area contributed by atoms with Gasteiger partial charge in [-0.15, -0.1) is 0 Å². The lowest BCUT2D eigenvalue weighted by Crippen LogP contribution is -2.12. The Labute approximate surface area is 174 Å². The van der Waals surface area contributed by atoms with Crippen molar-refractivity contribution in [2.24, 2.45) is 0 Å². The number of hydrogen-bond acceptors (Lipinski definition) is 4. The van der Waals surface area contributed by atoms with Crippen molar-refractivity contribution in [3.05, 3.63) is 70.4 Å². The van der Waals surface area contributed by atoms with Crippen LogP contribution in [0.25, 0.3) is 0 Å². The maximum absolute atomic E-state index is 11.5. The molecule has 0 bridgehead atoms. The quantitative estimate of drug-likeness (QED) is 0.330. The molecule has 1 N–H and O–H groups in total. The second-order valence-electron chi connectivity index (χ2n) is 8.01. The number of aliphatic hydroxyl groups excluding tert-OH is 1. The fourth-order valence-electron chi connectivity index (χ4n) is 3.35. The minimum absolute atomic E-state index is 0.0759. The number of hydrogen-bond donors (Lipinski definition) is 1. The maximum Gasteiger partial charge on any atom is 0.338 e. The Morgan fingerprint density at radius 2 is 1.66 bits per heavy atom. The molecule has 1 aromatic heterocycles. The minimum Gasteiger partial charge on any atom is -0.508 e.